The Morgan fingerprint density at radius 2 is 1.30 bits per heavy atom. The van der Waals surface area contributed by atoms with Gasteiger partial charge in [0.15, 0.2) is 0 Å². The molecule has 2 saturated carbocycles. The van der Waals surface area contributed by atoms with Crippen molar-refractivity contribution >= 4 is 0 Å². The van der Waals surface area contributed by atoms with E-state index in [1.807, 2.05) is 0 Å². The first-order valence-electron chi connectivity index (χ1n) is 12.2. The summed E-state index contributed by atoms with van der Waals surface area (Å²) >= 11 is 0. The minimum atomic E-state index is 0.807. The Hall–Kier alpha value is -0.780. The van der Waals surface area contributed by atoms with Crippen molar-refractivity contribution < 1.29 is 0 Å². The topological polar surface area (TPSA) is 0 Å². The van der Waals surface area contributed by atoms with Crippen molar-refractivity contribution in [2.24, 2.45) is 29.6 Å². The van der Waals surface area contributed by atoms with Crippen LogP contribution in [0.15, 0.2) is 24.3 Å². The molecule has 0 spiro atoms. The molecule has 27 heavy (non-hydrogen) atoms. The maximum Gasteiger partial charge on any atom is -0.0162 e. The van der Waals surface area contributed by atoms with Gasteiger partial charge >= 0.3 is 0 Å². The van der Waals surface area contributed by atoms with E-state index in [0.29, 0.717) is 0 Å². The van der Waals surface area contributed by atoms with E-state index in [4.69, 9.17) is 0 Å². The van der Waals surface area contributed by atoms with Crippen LogP contribution in [0.5, 0.6) is 0 Å². The summed E-state index contributed by atoms with van der Waals surface area (Å²) in [4.78, 5) is 0. The quantitative estimate of drug-likeness (QED) is 0.453. The summed E-state index contributed by atoms with van der Waals surface area (Å²) in [7, 11) is 0. The van der Waals surface area contributed by atoms with E-state index in [2.05, 4.69) is 52.0 Å². The van der Waals surface area contributed by atoms with Gasteiger partial charge in [0.25, 0.3) is 0 Å². The number of rotatable bonds is 7. The highest BCUT2D eigenvalue weighted by Gasteiger charge is 2.32. The van der Waals surface area contributed by atoms with Gasteiger partial charge in [-0.3, -0.25) is 0 Å². The molecule has 0 heterocycles. The summed E-state index contributed by atoms with van der Waals surface area (Å²) in [5.74, 6) is 5.69. The van der Waals surface area contributed by atoms with Gasteiger partial charge in [-0.25, -0.2) is 0 Å². The standard InChI is InChI=1S/C27H44/c1-5-20(3)19-22-7-9-24(10-8-22)26-15-17-27(18-16-26)25-13-11-23(12-14-25)21(4)6-2/h7-10,20-21,23,25-27H,5-6,11-19H2,1-4H3. The van der Waals surface area contributed by atoms with Gasteiger partial charge in [-0.2, -0.15) is 0 Å². The molecule has 0 aromatic heterocycles. The predicted molar refractivity (Wildman–Crippen MR) is 119 cm³/mol. The van der Waals surface area contributed by atoms with E-state index in [1.54, 1.807) is 5.56 Å². The minimum Gasteiger partial charge on any atom is -0.0651 e. The van der Waals surface area contributed by atoms with E-state index in [9.17, 15) is 0 Å². The fraction of sp³-hybridized carbons (Fsp3) is 0.778. The van der Waals surface area contributed by atoms with Crippen LogP contribution >= 0.6 is 0 Å². The largest absolute Gasteiger partial charge is 0.0651 e. The first-order valence-corrected chi connectivity index (χ1v) is 12.2. The van der Waals surface area contributed by atoms with Crippen molar-refractivity contribution in [3.05, 3.63) is 35.4 Å². The maximum atomic E-state index is 2.48. The SMILES string of the molecule is CCC(C)Cc1ccc(C2CCC(C3CCC(C(C)CC)CC3)CC2)cc1. The second-order valence-electron chi connectivity index (χ2n) is 10.1. The van der Waals surface area contributed by atoms with E-state index < -0.39 is 0 Å². The molecule has 0 bridgehead atoms. The first-order chi connectivity index (χ1) is 13.1. The van der Waals surface area contributed by atoms with Crippen LogP contribution in [0.4, 0.5) is 0 Å². The van der Waals surface area contributed by atoms with Crippen LogP contribution in [0, 0.1) is 29.6 Å². The highest BCUT2D eigenvalue weighted by Crippen LogP contribution is 2.45. The van der Waals surface area contributed by atoms with E-state index in [1.165, 1.54) is 76.2 Å². The molecule has 0 N–H and O–H groups in total. The zero-order valence-electron chi connectivity index (χ0n) is 18.6. The summed E-state index contributed by atoms with van der Waals surface area (Å²) in [6, 6.07) is 9.70. The smallest absolute Gasteiger partial charge is 0.0162 e. The second kappa shape index (κ2) is 10.1. The predicted octanol–water partition coefficient (Wildman–Crippen LogP) is 8.40. The molecule has 1 aromatic rings. The van der Waals surface area contributed by atoms with Crippen molar-refractivity contribution in [1.82, 2.24) is 0 Å². The van der Waals surface area contributed by atoms with E-state index >= 15 is 0 Å². The number of hydrogen-bond donors (Lipinski definition) is 0. The van der Waals surface area contributed by atoms with Crippen molar-refractivity contribution in [3.8, 4) is 0 Å². The lowest BCUT2D eigenvalue weighted by atomic mass is 9.67. The van der Waals surface area contributed by atoms with Crippen LogP contribution < -0.4 is 0 Å². The molecule has 152 valence electrons. The Kier molecular flexibility index (Phi) is 7.86. The third-order valence-corrected chi connectivity index (χ3v) is 8.44. The fourth-order valence-corrected chi connectivity index (χ4v) is 5.92. The third kappa shape index (κ3) is 5.61. The summed E-state index contributed by atoms with van der Waals surface area (Å²) < 4.78 is 0. The van der Waals surface area contributed by atoms with Gasteiger partial charge < -0.3 is 0 Å². The lowest BCUT2D eigenvalue weighted by molar-refractivity contribution is 0.137. The number of benzene rings is 1. The summed E-state index contributed by atoms with van der Waals surface area (Å²) in [5.41, 5.74) is 3.14. The first kappa shape index (κ1) is 20.9. The molecule has 2 unspecified atom stereocenters. The van der Waals surface area contributed by atoms with Gasteiger partial charge in [-0.15, -0.1) is 0 Å². The highest BCUT2D eigenvalue weighted by molar-refractivity contribution is 5.26. The van der Waals surface area contributed by atoms with Crippen LogP contribution in [0.1, 0.15) is 109 Å². The molecule has 0 radical (unpaired) electrons. The Morgan fingerprint density at radius 1 is 0.741 bits per heavy atom. The lowest BCUT2D eigenvalue weighted by Crippen LogP contribution is -2.27. The Labute approximate surface area is 169 Å². The normalized spacial score (nSPS) is 31.4. The van der Waals surface area contributed by atoms with Gasteiger partial charge in [0.2, 0.25) is 0 Å². The lowest BCUT2D eigenvalue weighted by Gasteiger charge is -2.39. The molecular weight excluding hydrogens is 324 g/mol. The zero-order chi connectivity index (χ0) is 19.2. The molecule has 0 saturated heterocycles. The van der Waals surface area contributed by atoms with Gasteiger partial charge in [0.05, 0.1) is 0 Å². The van der Waals surface area contributed by atoms with Crippen molar-refractivity contribution in [1.29, 1.82) is 0 Å². The van der Waals surface area contributed by atoms with Crippen LogP contribution in [0.3, 0.4) is 0 Å². The Morgan fingerprint density at radius 3 is 1.81 bits per heavy atom. The van der Waals surface area contributed by atoms with E-state index in [-0.39, 0.29) is 0 Å². The summed E-state index contributed by atoms with van der Waals surface area (Å²) in [6.07, 6.45) is 15.8. The number of hydrogen-bond acceptors (Lipinski definition) is 0. The van der Waals surface area contributed by atoms with Crippen molar-refractivity contribution in [2.75, 3.05) is 0 Å². The molecule has 1 aromatic carbocycles. The average molecular weight is 369 g/mol. The Balaban J connectivity index is 1.45. The fourth-order valence-electron chi connectivity index (χ4n) is 5.92. The van der Waals surface area contributed by atoms with Crippen LogP contribution in [0.2, 0.25) is 0 Å². The second-order valence-corrected chi connectivity index (χ2v) is 10.1. The molecule has 3 rings (SSSR count). The summed E-state index contributed by atoms with van der Waals surface area (Å²) in [6.45, 7) is 9.51. The van der Waals surface area contributed by atoms with E-state index in [0.717, 1.165) is 35.5 Å². The molecule has 0 heteroatoms. The van der Waals surface area contributed by atoms with Crippen molar-refractivity contribution in [3.63, 3.8) is 0 Å². The molecule has 0 amide bonds. The maximum absolute atomic E-state index is 2.48. The van der Waals surface area contributed by atoms with Gasteiger partial charge in [0, 0.05) is 0 Å². The highest BCUT2D eigenvalue weighted by atomic mass is 14.4. The third-order valence-electron chi connectivity index (χ3n) is 8.44. The molecular formula is C27H44. The van der Waals surface area contributed by atoms with Gasteiger partial charge in [0.1, 0.15) is 0 Å². The van der Waals surface area contributed by atoms with Gasteiger partial charge in [-0.1, -0.05) is 64.8 Å². The van der Waals surface area contributed by atoms with Crippen molar-refractivity contribution in [2.45, 2.75) is 104 Å². The molecule has 2 atom stereocenters. The molecule has 2 aliphatic carbocycles. The monoisotopic (exact) mass is 368 g/mol. The molecule has 0 nitrogen and oxygen atoms in total. The molecule has 0 aliphatic heterocycles. The Bertz CT molecular complexity index is 526. The zero-order valence-corrected chi connectivity index (χ0v) is 18.6. The van der Waals surface area contributed by atoms with Crippen LogP contribution in [-0.4, -0.2) is 0 Å². The summed E-state index contributed by atoms with van der Waals surface area (Å²) in [5, 5.41) is 0. The minimum absolute atomic E-state index is 0.807. The molecule has 2 fully saturated rings. The van der Waals surface area contributed by atoms with Crippen LogP contribution in [-0.2, 0) is 6.42 Å². The van der Waals surface area contributed by atoms with Crippen LogP contribution in [0.25, 0.3) is 0 Å². The average Bonchev–Trinajstić information content (AvgIpc) is 2.74. The molecule has 2 aliphatic rings. The van der Waals surface area contributed by atoms with Gasteiger partial charge in [-0.05, 0) is 104 Å².